The predicted molar refractivity (Wildman–Crippen MR) is 69.3 cm³/mol. The van der Waals surface area contributed by atoms with Crippen molar-refractivity contribution in [3.63, 3.8) is 0 Å². The Kier molecular flexibility index (Phi) is 4.63. The SMILES string of the molecule is N#CC(C#N)=C(C#N)C(N)=Nc1ccc(Br)cc1. The fraction of sp³-hybridized carbons (Fsp3) is 0. The second-order valence-electron chi connectivity index (χ2n) is 3.06. The van der Waals surface area contributed by atoms with Crippen LogP contribution in [0, 0.1) is 34.0 Å². The van der Waals surface area contributed by atoms with Gasteiger partial charge in [-0.15, -0.1) is 0 Å². The van der Waals surface area contributed by atoms with E-state index in [9.17, 15) is 0 Å². The minimum Gasteiger partial charge on any atom is -0.383 e. The molecule has 0 heterocycles. The molecule has 6 heteroatoms. The van der Waals surface area contributed by atoms with E-state index in [2.05, 4.69) is 20.9 Å². The summed E-state index contributed by atoms with van der Waals surface area (Å²) in [6.45, 7) is 0. The molecule has 0 amide bonds. The first-order valence-electron chi connectivity index (χ1n) is 4.67. The van der Waals surface area contributed by atoms with Gasteiger partial charge in [-0.1, -0.05) is 15.9 Å². The summed E-state index contributed by atoms with van der Waals surface area (Å²) in [5.41, 5.74) is 5.56. The zero-order chi connectivity index (χ0) is 13.5. The van der Waals surface area contributed by atoms with E-state index < -0.39 is 0 Å². The lowest BCUT2D eigenvalue weighted by Gasteiger charge is -1.99. The van der Waals surface area contributed by atoms with Gasteiger partial charge in [0.15, 0.2) is 5.57 Å². The van der Waals surface area contributed by atoms with E-state index in [4.69, 9.17) is 21.5 Å². The lowest BCUT2D eigenvalue weighted by atomic mass is 10.1. The Morgan fingerprint density at radius 2 is 1.61 bits per heavy atom. The Bertz CT molecular complexity index is 619. The maximum absolute atomic E-state index is 8.87. The molecule has 5 nitrogen and oxygen atoms in total. The molecule has 0 bridgehead atoms. The molecule has 1 rings (SSSR count). The van der Waals surface area contributed by atoms with E-state index in [0.717, 1.165) is 4.47 Å². The molecular weight excluding hydrogens is 294 g/mol. The van der Waals surface area contributed by atoms with Crippen molar-refractivity contribution in [2.45, 2.75) is 0 Å². The molecule has 0 saturated carbocycles. The van der Waals surface area contributed by atoms with Crippen molar-refractivity contribution >= 4 is 27.5 Å². The molecule has 0 atom stereocenters. The third-order valence-corrected chi connectivity index (χ3v) is 2.45. The van der Waals surface area contributed by atoms with Crippen LogP contribution in [0.5, 0.6) is 0 Å². The van der Waals surface area contributed by atoms with Crippen molar-refractivity contribution in [1.82, 2.24) is 0 Å². The minimum atomic E-state index is -0.351. The Morgan fingerprint density at radius 3 is 2.06 bits per heavy atom. The van der Waals surface area contributed by atoms with E-state index in [0.29, 0.717) is 5.69 Å². The summed E-state index contributed by atoms with van der Waals surface area (Å²) in [6, 6.07) is 11.8. The van der Waals surface area contributed by atoms with Gasteiger partial charge in [0.25, 0.3) is 0 Å². The standard InChI is InChI=1S/C12H6BrN5/c13-9-1-3-10(4-2-9)18-12(17)11(7-16)8(5-14)6-15/h1-4H,(H2,17,18). The predicted octanol–water partition coefficient (Wildman–Crippen LogP) is 2.31. The minimum absolute atomic E-state index is 0.155. The smallest absolute Gasteiger partial charge is 0.151 e. The summed E-state index contributed by atoms with van der Waals surface area (Å²) < 4.78 is 0.880. The molecule has 0 saturated heterocycles. The zero-order valence-corrected chi connectivity index (χ0v) is 10.6. The van der Waals surface area contributed by atoms with Crippen LogP contribution in [0.4, 0.5) is 5.69 Å². The number of amidine groups is 1. The molecule has 0 spiro atoms. The first kappa shape index (κ1) is 13.4. The van der Waals surface area contributed by atoms with Crippen molar-refractivity contribution in [1.29, 1.82) is 15.8 Å². The fourth-order valence-electron chi connectivity index (χ4n) is 1.09. The second kappa shape index (κ2) is 6.20. The van der Waals surface area contributed by atoms with Gasteiger partial charge in [-0.2, -0.15) is 15.8 Å². The molecular formula is C12H6BrN5. The van der Waals surface area contributed by atoms with Gasteiger partial charge in [0.1, 0.15) is 29.6 Å². The number of halogens is 1. The summed E-state index contributed by atoms with van der Waals surface area (Å²) in [5.74, 6) is -0.155. The number of rotatable bonds is 2. The summed E-state index contributed by atoms with van der Waals surface area (Å²) in [5, 5.41) is 26.2. The van der Waals surface area contributed by atoms with E-state index in [-0.39, 0.29) is 17.0 Å². The largest absolute Gasteiger partial charge is 0.383 e. The normalized spacial score (nSPS) is 9.78. The Morgan fingerprint density at radius 1 is 1.06 bits per heavy atom. The number of nitriles is 3. The van der Waals surface area contributed by atoms with Crippen molar-refractivity contribution in [2.75, 3.05) is 0 Å². The second-order valence-corrected chi connectivity index (χ2v) is 3.97. The molecule has 1 aromatic carbocycles. The van der Waals surface area contributed by atoms with Crippen molar-refractivity contribution < 1.29 is 0 Å². The molecule has 86 valence electrons. The van der Waals surface area contributed by atoms with Crippen molar-refractivity contribution in [3.05, 3.63) is 39.9 Å². The van der Waals surface area contributed by atoms with Crippen molar-refractivity contribution in [3.8, 4) is 18.2 Å². The number of nitrogens with zero attached hydrogens (tertiary/aromatic N) is 4. The van der Waals surface area contributed by atoms with Crippen LogP contribution in [0.15, 0.2) is 44.9 Å². The highest BCUT2D eigenvalue weighted by Gasteiger charge is 2.10. The maximum atomic E-state index is 8.87. The number of nitrogens with two attached hydrogens (primary N) is 1. The molecule has 0 unspecified atom stereocenters. The lowest BCUT2D eigenvalue weighted by Crippen LogP contribution is -2.15. The molecule has 2 N–H and O–H groups in total. The summed E-state index contributed by atoms with van der Waals surface area (Å²) >= 11 is 3.27. The van der Waals surface area contributed by atoms with Crippen LogP contribution in [-0.2, 0) is 0 Å². The Balaban J connectivity index is 3.23. The van der Waals surface area contributed by atoms with Gasteiger partial charge in [-0.3, -0.25) is 0 Å². The van der Waals surface area contributed by atoms with Gasteiger partial charge in [-0.05, 0) is 24.3 Å². The first-order chi connectivity index (χ1) is 8.62. The molecule has 1 aromatic rings. The topological polar surface area (TPSA) is 110 Å². The van der Waals surface area contributed by atoms with Gasteiger partial charge < -0.3 is 5.73 Å². The van der Waals surface area contributed by atoms with E-state index in [1.54, 1.807) is 42.5 Å². The Labute approximate surface area is 112 Å². The number of hydrogen-bond acceptors (Lipinski definition) is 4. The summed E-state index contributed by atoms with van der Waals surface area (Å²) in [6.07, 6.45) is 0. The summed E-state index contributed by atoms with van der Waals surface area (Å²) in [4.78, 5) is 3.98. The van der Waals surface area contributed by atoms with E-state index >= 15 is 0 Å². The average Bonchev–Trinajstić information content (AvgIpc) is 2.38. The highest BCUT2D eigenvalue weighted by molar-refractivity contribution is 9.10. The summed E-state index contributed by atoms with van der Waals surface area (Å²) in [7, 11) is 0. The molecule has 0 aliphatic heterocycles. The van der Waals surface area contributed by atoms with Gasteiger partial charge in [0.2, 0.25) is 0 Å². The van der Waals surface area contributed by atoms with Crippen LogP contribution in [0.2, 0.25) is 0 Å². The first-order valence-corrected chi connectivity index (χ1v) is 5.46. The van der Waals surface area contributed by atoms with E-state index in [1.165, 1.54) is 0 Å². The zero-order valence-electron chi connectivity index (χ0n) is 9.05. The lowest BCUT2D eigenvalue weighted by molar-refractivity contribution is 1.40. The molecule has 0 aliphatic carbocycles. The fourth-order valence-corrected chi connectivity index (χ4v) is 1.35. The van der Waals surface area contributed by atoms with Crippen LogP contribution in [0.3, 0.4) is 0 Å². The number of aliphatic imine (C=N–C) groups is 1. The van der Waals surface area contributed by atoms with Crippen LogP contribution in [-0.4, -0.2) is 5.84 Å². The highest BCUT2D eigenvalue weighted by atomic mass is 79.9. The Hall–Kier alpha value is -2.62. The molecule has 0 fully saturated rings. The molecule has 0 aromatic heterocycles. The maximum Gasteiger partial charge on any atom is 0.151 e. The van der Waals surface area contributed by atoms with Crippen LogP contribution in [0.1, 0.15) is 0 Å². The molecule has 18 heavy (non-hydrogen) atoms. The van der Waals surface area contributed by atoms with E-state index in [1.807, 2.05) is 0 Å². The van der Waals surface area contributed by atoms with Crippen LogP contribution >= 0.6 is 15.9 Å². The average molecular weight is 300 g/mol. The monoisotopic (exact) mass is 299 g/mol. The number of benzene rings is 1. The third kappa shape index (κ3) is 3.18. The quantitative estimate of drug-likeness (QED) is 0.513. The van der Waals surface area contributed by atoms with Crippen molar-refractivity contribution in [2.24, 2.45) is 10.7 Å². The highest BCUT2D eigenvalue weighted by Crippen LogP contribution is 2.17. The number of hydrogen-bond donors (Lipinski definition) is 1. The van der Waals surface area contributed by atoms with Gasteiger partial charge in [0, 0.05) is 4.47 Å². The van der Waals surface area contributed by atoms with Gasteiger partial charge >= 0.3 is 0 Å². The van der Waals surface area contributed by atoms with Crippen LogP contribution < -0.4 is 5.73 Å². The van der Waals surface area contributed by atoms with Crippen LogP contribution in [0.25, 0.3) is 0 Å². The van der Waals surface area contributed by atoms with Gasteiger partial charge in [0.05, 0.1) is 5.69 Å². The third-order valence-electron chi connectivity index (χ3n) is 1.92. The molecule has 0 aliphatic rings. The van der Waals surface area contributed by atoms with Gasteiger partial charge in [-0.25, -0.2) is 4.99 Å². The molecule has 0 radical (unpaired) electrons. The number of allylic oxidation sites excluding steroid dienone is 1.